The van der Waals surface area contributed by atoms with Crippen LogP contribution in [-0.4, -0.2) is 50.4 Å². The van der Waals surface area contributed by atoms with Gasteiger partial charge in [-0.25, -0.2) is 13.4 Å². The van der Waals surface area contributed by atoms with E-state index in [1.807, 2.05) is 26.2 Å². The average molecular weight is 488 g/mol. The molecule has 0 unspecified atom stereocenters. The molecule has 174 valence electrons. The van der Waals surface area contributed by atoms with Crippen molar-refractivity contribution in [1.29, 1.82) is 0 Å². The minimum atomic E-state index is -3.89. The Hall–Kier alpha value is -2.95. The summed E-state index contributed by atoms with van der Waals surface area (Å²) in [6.45, 7) is 6.53. The van der Waals surface area contributed by atoms with E-state index in [0.717, 1.165) is 26.7 Å². The Bertz CT molecular complexity index is 1290. The third-order valence-corrected chi connectivity index (χ3v) is 7.83. The number of benzene rings is 2. The van der Waals surface area contributed by atoms with Gasteiger partial charge >= 0.3 is 0 Å². The summed E-state index contributed by atoms with van der Waals surface area (Å²) in [7, 11) is -2.53. The monoisotopic (exact) mass is 487 g/mol. The molecule has 0 saturated heterocycles. The van der Waals surface area contributed by atoms with Gasteiger partial charge in [-0.2, -0.15) is 4.31 Å². The number of likely N-dealkylation sites (N-methyl/N-ethyl adjacent to an activating group) is 1. The molecule has 0 atom stereocenters. The Morgan fingerprint density at radius 2 is 1.76 bits per heavy atom. The van der Waals surface area contributed by atoms with E-state index in [1.54, 1.807) is 6.07 Å². The lowest BCUT2D eigenvalue weighted by molar-refractivity contribution is -0.116. The Morgan fingerprint density at radius 3 is 2.45 bits per heavy atom. The second kappa shape index (κ2) is 9.12. The van der Waals surface area contributed by atoms with E-state index in [9.17, 15) is 13.2 Å². The first-order valence-electron chi connectivity index (χ1n) is 10.3. The molecule has 4 rings (SSSR count). The fourth-order valence-electron chi connectivity index (χ4n) is 3.84. The van der Waals surface area contributed by atoms with Crippen LogP contribution in [-0.2, 0) is 14.8 Å². The maximum atomic E-state index is 12.9. The number of thiazole rings is 1. The number of nitrogens with zero attached hydrogens (tertiary/aromatic N) is 2. The van der Waals surface area contributed by atoms with E-state index in [-0.39, 0.29) is 11.4 Å². The molecule has 10 heteroatoms. The summed E-state index contributed by atoms with van der Waals surface area (Å²) in [6, 6.07) is 8.60. The van der Waals surface area contributed by atoms with E-state index < -0.39 is 15.9 Å². The zero-order chi connectivity index (χ0) is 23.8. The highest BCUT2D eigenvalue weighted by molar-refractivity contribution is 7.89. The van der Waals surface area contributed by atoms with Gasteiger partial charge in [-0.1, -0.05) is 17.7 Å². The predicted octanol–water partition coefficient (Wildman–Crippen LogP) is 3.77. The molecule has 33 heavy (non-hydrogen) atoms. The Morgan fingerprint density at radius 1 is 1.09 bits per heavy atom. The fourth-order valence-corrected chi connectivity index (χ4v) is 5.70. The standard InChI is InChI=1S/C23H25N3O5S2/c1-14-9-15(2)22(16(3)10-14)18-13-32-23(24-18)25-21(27)12-26(4)33(28,29)17-5-6-19-20(11-17)31-8-7-30-19/h5-6,9-11,13H,7-8,12H2,1-4H3,(H,24,25,27). The van der Waals surface area contributed by atoms with Crippen molar-refractivity contribution in [3.05, 3.63) is 52.4 Å². The highest BCUT2D eigenvalue weighted by Gasteiger charge is 2.25. The minimum absolute atomic E-state index is 0.0314. The van der Waals surface area contributed by atoms with E-state index in [0.29, 0.717) is 29.8 Å². The highest BCUT2D eigenvalue weighted by atomic mass is 32.2. The number of rotatable bonds is 6. The summed E-state index contributed by atoms with van der Waals surface area (Å²) < 4.78 is 37.8. The summed E-state index contributed by atoms with van der Waals surface area (Å²) >= 11 is 1.30. The highest BCUT2D eigenvalue weighted by Crippen LogP contribution is 2.33. The van der Waals surface area contributed by atoms with Crippen molar-refractivity contribution in [2.75, 3.05) is 32.1 Å². The van der Waals surface area contributed by atoms with Gasteiger partial charge in [-0.15, -0.1) is 11.3 Å². The molecule has 0 bridgehead atoms. The summed E-state index contributed by atoms with van der Waals surface area (Å²) in [6.07, 6.45) is 0. The molecular formula is C23H25N3O5S2. The van der Waals surface area contributed by atoms with Gasteiger partial charge in [0.2, 0.25) is 15.9 Å². The number of hydrogen-bond donors (Lipinski definition) is 1. The number of hydrogen-bond acceptors (Lipinski definition) is 7. The van der Waals surface area contributed by atoms with Crippen molar-refractivity contribution >= 4 is 32.4 Å². The molecule has 1 aliphatic rings. The van der Waals surface area contributed by atoms with Gasteiger partial charge in [-0.05, 0) is 44.0 Å². The first-order valence-corrected chi connectivity index (χ1v) is 12.7. The second-order valence-electron chi connectivity index (χ2n) is 7.93. The van der Waals surface area contributed by atoms with Crippen LogP contribution in [0.1, 0.15) is 16.7 Å². The Labute approximate surface area is 197 Å². The van der Waals surface area contributed by atoms with Crippen LogP contribution >= 0.6 is 11.3 Å². The van der Waals surface area contributed by atoms with Gasteiger partial charge in [0, 0.05) is 24.1 Å². The number of nitrogens with one attached hydrogen (secondary N) is 1. The largest absolute Gasteiger partial charge is 0.486 e. The van der Waals surface area contributed by atoms with Crippen molar-refractivity contribution in [2.24, 2.45) is 0 Å². The molecular weight excluding hydrogens is 462 g/mol. The number of amides is 1. The Kier molecular flexibility index (Phi) is 6.42. The van der Waals surface area contributed by atoms with Gasteiger partial charge in [-0.3, -0.25) is 4.79 Å². The first-order chi connectivity index (χ1) is 15.6. The van der Waals surface area contributed by atoms with Crippen LogP contribution < -0.4 is 14.8 Å². The van der Waals surface area contributed by atoms with Crippen molar-refractivity contribution in [2.45, 2.75) is 25.7 Å². The van der Waals surface area contributed by atoms with Crippen molar-refractivity contribution in [3.8, 4) is 22.8 Å². The molecule has 1 amide bonds. The molecule has 2 heterocycles. The predicted molar refractivity (Wildman–Crippen MR) is 128 cm³/mol. The summed E-state index contributed by atoms with van der Waals surface area (Å²) in [5, 5.41) is 5.01. The maximum absolute atomic E-state index is 12.9. The average Bonchev–Trinajstić information content (AvgIpc) is 3.20. The third kappa shape index (κ3) is 4.87. The number of carbonyl (C=O) groups is 1. The number of aryl methyl sites for hydroxylation is 3. The lowest BCUT2D eigenvalue weighted by atomic mass is 9.98. The molecule has 2 aromatic carbocycles. The third-order valence-electron chi connectivity index (χ3n) is 5.27. The molecule has 0 aliphatic carbocycles. The van der Waals surface area contributed by atoms with Crippen LogP contribution in [0, 0.1) is 20.8 Å². The van der Waals surface area contributed by atoms with Crippen LogP contribution in [0.5, 0.6) is 11.5 Å². The smallest absolute Gasteiger partial charge is 0.243 e. The summed E-state index contributed by atoms with van der Waals surface area (Å²) in [5.74, 6) is 0.397. The van der Waals surface area contributed by atoms with Crippen LogP contribution in [0.2, 0.25) is 0 Å². The zero-order valence-electron chi connectivity index (χ0n) is 18.8. The topological polar surface area (TPSA) is 97.8 Å². The van der Waals surface area contributed by atoms with Crippen molar-refractivity contribution in [1.82, 2.24) is 9.29 Å². The number of fused-ring (bicyclic) bond motifs is 1. The number of aromatic nitrogens is 1. The molecule has 1 aliphatic heterocycles. The summed E-state index contributed by atoms with van der Waals surface area (Å²) in [5.41, 5.74) is 5.22. The number of sulfonamides is 1. The molecule has 1 N–H and O–H groups in total. The molecule has 0 saturated carbocycles. The second-order valence-corrected chi connectivity index (χ2v) is 10.8. The lowest BCUT2D eigenvalue weighted by Crippen LogP contribution is -2.35. The van der Waals surface area contributed by atoms with E-state index >= 15 is 0 Å². The van der Waals surface area contributed by atoms with E-state index in [4.69, 9.17) is 9.47 Å². The van der Waals surface area contributed by atoms with Crippen LogP contribution in [0.4, 0.5) is 5.13 Å². The van der Waals surface area contributed by atoms with Gasteiger partial charge in [0.05, 0.1) is 17.1 Å². The van der Waals surface area contributed by atoms with Gasteiger partial charge in [0.15, 0.2) is 16.6 Å². The van der Waals surface area contributed by atoms with Crippen LogP contribution in [0.3, 0.4) is 0 Å². The zero-order valence-corrected chi connectivity index (χ0v) is 20.5. The number of carbonyl (C=O) groups excluding carboxylic acids is 1. The molecule has 8 nitrogen and oxygen atoms in total. The van der Waals surface area contributed by atoms with Crippen molar-refractivity contribution < 1.29 is 22.7 Å². The Balaban J connectivity index is 1.45. The first kappa shape index (κ1) is 23.2. The molecule has 0 fully saturated rings. The van der Waals surface area contributed by atoms with Gasteiger partial charge < -0.3 is 14.8 Å². The maximum Gasteiger partial charge on any atom is 0.243 e. The fraction of sp³-hybridized carbons (Fsp3) is 0.304. The quantitative estimate of drug-likeness (QED) is 0.569. The SMILES string of the molecule is Cc1cc(C)c(-c2csc(NC(=O)CN(C)S(=O)(=O)c3ccc4c(c3)OCCO4)n2)c(C)c1. The van der Waals surface area contributed by atoms with Gasteiger partial charge in [0.25, 0.3) is 0 Å². The van der Waals surface area contributed by atoms with Crippen LogP contribution in [0.25, 0.3) is 11.3 Å². The minimum Gasteiger partial charge on any atom is -0.486 e. The van der Waals surface area contributed by atoms with E-state index in [2.05, 4.69) is 22.4 Å². The van der Waals surface area contributed by atoms with Gasteiger partial charge in [0.1, 0.15) is 13.2 Å². The normalized spacial score (nSPS) is 13.2. The number of ether oxygens (including phenoxy) is 2. The lowest BCUT2D eigenvalue weighted by Gasteiger charge is -2.21. The molecule has 1 aromatic heterocycles. The van der Waals surface area contributed by atoms with Crippen LogP contribution in [0.15, 0.2) is 40.6 Å². The molecule has 3 aromatic rings. The van der Waals surface area contributed by atoms with Crippen molar-refractivity contribution in [3.63, 3.8) is 0 Å². The molecule has 0 radical (unpaired) electrons. The molecule has 0 spiro atoms. The number of anilines is 1. The van der Waals surface area contributed by atoms with E-state index in [1.165, 1.54) is 36.1 Å². The summed E-state index contributed by atoms with van der Waals surface area (Å²) in [4.78, 5) is 17.1.